The first-order valence-corrected chi connectivity index (χ1v) is 6.77. The zero-order valence-corrected chi connectivity index (χ0v) is 16.2. The second-order valence-electron chi connectivity index (χ2n) is 5.80. The lowest BCUT2D eigenvalue weighted by molar-refractivity contribution is 0.464. The van der Waals surface area contributed by atoms with Gasteiger partial charge in [0, 0.05) is 38.6 Å². The smallest absolute Gasteiger partial charge is 0.195 e. The van der Waals surface area contributed by atoms with Crippen LogP contribution in [-0.4, -0.2) is 50.5 Å². The van der Waals surface area contributed by atoms with Crippen molar-refractivity contribution in [3.8, 4) is 0 Å². The SMILES string of the molecule is CN(C)C(=NCC(C)(C)c1cccc(Cl)c1)N(C)C.I. The highest BCUT2D eigenvalue weighted by atomic mass is 127. The normalized spacial score (nSPS) is 10.6. The number of guanidine groups is 1. The molecule has 1 aromatic rings. The molecular formula is C15H25ClIN3. The Bertz CT molecular complexity index is 446. The van der Waals surface area contributed by atoms with Crippen LogP contribution in [0.25, 0.3) is 0 Å². The summed E-state index contributed by atoms with van der Waals surface area (Å²) < 4.78 is 0. The minimum absolute atomic E-state index is 0. The predicted octanol–water partition coefficient (Wildman–Crippen LogP) is 3.71. The molecule has 0 atom stereocenters. The molecule has 0 spiro atoms. The lowest BCUT2D eigenvalue weighted by Gasteiger charge is -2.27. The summed E-state index contributed by atoms with van der Waals surface area (Å²) in [5, 5.41) is 0.773. The summed E-state index contributed by atoms with van der Waals surface area (Å²) in [5.74, 6) is 0.968. The number of hydrogen-bond acceptors (Lipinski definition) is 1. The van der Waals surface area contributed by atoms with Gasteiger partial charge in [-0.2, -0.15) is 0 Å². The van der Waals surface area contributed by atoms with Gasteiger partial charge in [-0.05, 0) is 17.7 Å². The third-order valence-electron chi connectivity index (χ3n) is 3.02. The zero-order chi connectivity index (χ0) is 14.6. The van der Waals surface area contributed by atoms with Gasteiger partial charge in [0.1, 0.15) is 0 Å². The molecule has 1 rings (SSSR count). The van der Waals surface area contributed by atoms with Gasteiger partial charge in [0.25, 0.3) is 0 Å². The van der Waals surface area contributed by atoms with Gasteiger partial charge >= 0.3 is 0 Å². The molecule has 0 aromatic heterocycles. The van der Waals surface area contributed by atoms with E-state index >= 15 is 0 Å². The van der Waals surface area contributed by atoms with Gasteiger partial charge in [-0.15, -0.1) is 24.0 Å². The fourth-order valence-corrected chi connectivity index (χ4v) is 2.14. The Labute approximate surface area is 145 Å². The van der Waals surface area contributed by atoms with E-state index in [0.717, 1.165) is 17.5 Å². The van der Waals surface area contributed by atoms with Crippen LogP contribution >= 0.6 is 35.6 Å². The molecule has 0 N–H and O–H groups in total. The van der Waals surface area contributed by atoms with Crippen LogP contribution in [0.15, 0.2) is 29.3 Å². The number of rotatable bonds is 3. The minimum atomic E-state index is -0.0395. The number of benzene rings is 1. The van der Waals surface area contributed by atoms with Crippen molar-refractivity contribution in [1.29, 1.82) is 0 Å². The van der Waals surface area contributed by atoms with Crippen molar-refractivity contribution in [2.45, 2.75) is 19.3 Å². The minimum Gasteiger partial charge on any atom is -0.349 e. The van der Waals surface area contributed by atoms with Gasteiger partial charge in [-0.3, -0.25) is 4.99 Å². The molecule has 20 heavy (non-hydrogen) atoms. The average molecular weight is 410 g/mol. The van der Waals surface area contributed by atoms with Crippen molar-refractivity contribution < 1.29 is 0 Å². The summed E-state index contributed by atoms with van der Waals surface area (Å²) in [4.78, 5) is 8.77. The van der Waals surface area contributed by atoms with Crippen molar-refractivity contribution in [1.82, 2.24) is 9.80 Å². The maximum absolute atomic E-state index is 6.06. The second kappa shape index (κ2) is 8.08. The largest absolute Gasteiger partial charge is 0.349 e. The molecule has 1 aromatic carbocycles. The van der Waals surface area contributed by atoms with Gasteiger partial charge < -0.3 is 9.80 Å². The van der Waals surface area contributed by atoms with E-state index in [9.17, 15) is 0 Å². The van der Waals surface area contributed by atoms with Crippen molar-refractivity contribution in [2.24, 2.45) is 4.99 Å². The molecule has 0 fully saturated rings. The summed E-state index contributed by atoms with van der Waals surface area (Å²) >= 11 is 6.06. The van der Waals surface area contributed by atoms with E-state index in [2.05, 4.69) is 19.9 Å². The molecule has 0 aliphatic rings. The Morgan fingerprint density at radius 1 is 1.15 bits per heavy atom. The van der Waals surface area contributed by atoms with Gasteiger partial charge in [0.15, 0.2) is 5.96 Å². The van der Waals surface area contributed by atoms with E-state index in [1.54, 1.807) is 0 Å². The topological polar surface area (TPSA) is 18.8 Å². The van der Waals surface area contributed by atoms with Crippen LogP contribution in [0.5, 0.6) is 0 Å². The van der Waals surface area contributed by atoms with E-state index in [4.69, 9.17) is 16.6 Å². The molecule has 0 unspecified atom stereocenters. The van der Waals surface area contributed by atoms with Crippen LogP contribution in [0.2, 0.25) is 5.02 Å². The van der Waals surface area contributed by atoms with Crippen LogP contribution in [0.3, 0.4) is 0 Å². The first kappa shape index (κ1) is 19.5. The van der Waals surface area contributed by atoms with Crippen molar-refractivity contribution in [2.75, 3.05) is 34.7 Å². The van der Waals surface area contributed by atoms with Crippen LogP contribution < -0.4 is 0 Å². The average Bonchev–Trinajstić information content (AvgIpc) is 2.28. The second-order valence-corrected chi connectivity index (χ2v) is 6.24. The fraction of sp³-hybridized carbons (Fsp3) is 0.533. The highest BCUT2D eigenvalue weighted by Crippen LogP contribution is 2.26. The van der Waals surface area contributed by atoms with E-state index in [0.29, 0.717) is 0 Å². The molecule has 0 amide bonds. The van der Waals surface area contributed by atoms with Crippen LogP contribution in [0, 0.1) is 0 Å². The monoisotopic (exact) mass is 409 g/mol. The number of aliphatic imine (C=N–C) groups is 1. The van der Waals surface area contributed by atoms with Crippen molar-refractivity contribution >= 4 is 41.5 Å². The number of hydrogen-bond donors (Lipinski definition) is 0. The molecule has 0 saturated carbocycles. The molecule has 3 nitrogen and oxygen atoms in total. The molecule has 0 aliphatic carbocycles. The Hall–Kier alpha value is -0.490. The van der Waals surface area contributed by atoms with Gasteiger partial charge in [0.05, 0.1) is 6.54 Å². The molecule has 5 heteroatoms. The predicted molar refractivity (Wildman–Crippen MR) is 99.6 cm³/mol. The van der Waals surface area contributed by atoms with Crippen LogP contribution in [0.4, 0.5) is 0 Å². The summed E-state index contributed by atoms with van der Waals surface area (Å²) in [6.45, 7) is 5.09. The van der Waals surface area contributed by atoms with Gasteiger partial charge in [-0.1, -0.05) is 37.6 Å². The van der Waals surface area contributed by atoms with Crippen LogP contribution in [-0.2, 0) is 5.41 Å². The first-order valence-electron chi connectivity index (χ1n) is 6.39. The molecule has 114 valence electrons. The van der Waals surface area contributed by atoms with Crippen molar-refractivity contribution in [3.63, 3.8) is 0 Å². The lowest BCUT2D eigenvalue weighted by Crippen LogP contribution is -2.36. The van der Waals surface area contributed by atoms with E-state index < -0.39 is 0 Å². The first-order chi connectivity index (χ1) is 8.74. The molecule has 0 aliphatic heterocycles. The third-order valence-corrected chi connectivity index (χ3v) is 3.26. The summed E-state index contributed by atoms with van der Waals surface area (Å²) in [6, 6.07) is 8.01. The molecule has 0 radical (unpaired) electrons. The lowest BCUT2D eigenvalue weighted by atomic mass is 9.85. The summed E-state index contributed by atoms with van der Waals surface area (Å²) in [7, 11) is 8.02. The Morgan fingerprint density at radius 3 is 2.15 bits per heavy atom. The molecule has 0 heterocycles. The van der Waals surface area contributed by atoms with Gasteiger partial charge in [0.2, 0.25) is 0 Å². The highest BCUT2D eigenvalue weighted by Gasteiger charge is 2.21. The maximum Gasteiger partial charge on any atom is 0.195 e. The molecular weight excluding hydrogens is 385 g/mol. The fourth-order valence-electron chi connectivity index (χ4n) is 1.95. The summed E-state index contributed by atoms with van der Waals surface area (Å²) in [6.07, 6.45) is 0. The van der Waals surface area contributed by atoms with Crippen molar-refractivity contribution in [3.05, 3.63) is 34.9 Å². The standard InChI is InChI=1S/C15H24ClN3.HI/c1-15(2,12-8-7-9-13(16)10-12)11-17-14(18(3)4)19(5)6;/h7-10H,11H2,1-6H3;1H. The number of nitrogens with zero attached hydrogens (tertiary/aromatic N) is 3. The Morgan fingerprint density at radius 2 is 1.70 bits per heavy atom. The highest BCUT2D eigenvalue weighted by molar-refractivity contribution is 14.0. The quantitative estimate of drug-likeness (QED) is 0.430. The summed E-state index contributed by atoms with van der Waals surface area (Å²) in [5.41, 5.74) is 1.17. The van der Waals surface area contributed by atoms with E-state index in [1.807, 2.05) is 56.2 Å². The van der Waals surface area contributed by atoms with Crippen LogP contribution in [0.1, 0.15) is 19.4 Å². The zero-order valence-electron chi connectivity index (χ0n) is 13.1. The molecule has 0 bridgehead atoms. The third kappa shape index (κ3) is 5.48. The number of halogens is 2. The van der Waals surface area contributed by atoms with Gasteiger partial charge in [-0.25, -0.2) is 0 Å². The maximum atomic E-state index is 6.06. The Balaban J connectivity index is 0.00000361. The van der Waals surface area contributed by atoms with E-state index in [1.165, 1.54) is 5.56 Å². The van der Waals surface area contributed by atoms with E-state index in [-0.39, 0.29) is 29.4 Å². The Kier molecular flexibility index (Phi) is 7.88. The molecule has 0 saturated heterocycles.